The molecular weight excluding hydrogens is 228 g/mol. The normalized spacial score (nSPS) is 22.4. The monoisotopic (exact) mass is 248 g/mol. The molecule has 3 N–H and O–H groups in total. The first-order valence-corrected chi connectivity index (χ1v) is 6.25. The zero-order valence-corrected chi connectivity index (χ0v) is 10.9. The molecule has 2 unspecified atom stereocenters. The molecule has 1 aliphatic rings. The summed E-state index contributed by atoms with van der Waals surface area (Å²) in [5.74, 6) is -0.212. The molecule has 4 heteroatoms. The standard InChI is InChI=1S/C14H20N2O2/c1-10-5-3-4-6-12(10)16-14(2,13(15)17)11-7-8-18-9-11/h3-6,11,16H,7-9H2,1-2H3,(H2,15,17). The number of aryl methyl sites for hydroxylation is 1. The number of carbonyl (C=O) groups is 1. The van der Waals surface area contributed by atoms with Gasteiger partial charge in [-0.1, -0.05) is 18.2 Å². The van der Waals surface area contributed by atoms with Crippen LogP contribution in [0.5, 0.6) is 0 Å². The van der Waals surface area contributed by atoms with Crippen LogP contribution >= 0.6 is 0 Å². The van der Waals surface area contributed by atoms with E-state index in [1.807, 2.05) is 38.1 Å². The molecule has 1 heterocycles. The Balaban J connectivity index is 2.26. The van der Waals surface area contributed by atoms with Gasteiger partial charge in [0.15, 0.2) is 0 Å². The minimum absolute atomic E-state index is 0.120. The second kappa shape index (κ2) is 4.98. The van der Waals surface area contributed by atoms with Crippen molar-refractivity contribution in [1.29, 1.82) is 0 Å². The summed E-state index contributed by atoms with van der Waals surface area (Å²) in [7, 11) is 0. The highest BCUT2D eigenvalue weighted by molar-refractivity contribution is 5.88. The number of benzene rings is 1. The van der Waals surface area contributed by atoms with E-state index in [4.69, 9.17) is 10.5 Å². The fraction of sp³-hybridized carbons (Fsp3) is 0.500. The predicted molar refractivity (Wildman–Crippen MR) is 71.3 cm³/mol. The van der Waals surface area contributed by atoms with E-state index in [1.54, 1.807) is 0 Å². The Labute approximate surface area is 108 Å². The molecule has 1 aromatic rings. The van der Waals surface area contributed by atoms with E-state index in [9.17, 15) is 4.79 Å². The average molecular weight is 248 g/mol. The highest BCUT2D eigenvalue weighted by atomic mass is 16.5. The molecule has 0 aliphatic carbocycles. The molecule has 0 radical (unpaired) electrons. The number of primary amides is 1. The number of ether oxygens (including phenoxy) is 1. The molecule has 1 aromatic carbocycles. The van der Waals surface area contributed by atoms with Gasteiger partial charge in [-0.2, -0.15) is 0 Å². The maximum Gasteiger partial charge on any atom is 0.243 e. The topological polar surface area (TPSA) is 64.3 Å². The number of amides is 1. The molecule has 1 aliphatic heterocycles. The average Bonchev–Trinajstić information content (AvgIpc) is 2.86. The lowest BCUT2D eigenvalue weighted by molar-refractivity contribution is -0.123. The molecule has 98 valence electrons. The van der Waals surface area contributed by atoms with Crippen molar-refractivity contribution in [3.05, 3.63) is 29.8 Å². The SMILES string of the molecule is Cc1ccccc1NC(C)(C(N)=O)C1CCOC1. The highest BCUT2D eigenvalue weighted by Crippen LogP contribution is 2.30. The van der Waals surface area contributed by atoms with Crippen molar-refractivity contribution >= 4 is 11.6 Å². The van der Waals surface area contributed by atoms with Gasteiger partial charge in [-0.05, 0) is 31.9 Å². The number of nitrogens with one attached hydrogen (secondary N) is 1. The molecule has 2 atom stereocenters. The minimum Gasteiger partial charge on any atom is -0.381 e. The lowest BCUT2D eigenvalue weighted by Gasteiger charge is -2.34. The summed E-state index contributed by atoms with van der Waals surface area (Å²) in [5, 5.41) is 3.31. The summed E-state index contributed by atoms with van der Waals surface area (Å²) < 4.78 is 5.37. The van der Waals surface area contributed by atoms with Crippen LogP contribution in [0.2, 0.25) is 0 Å². The van der Waals surface area contributed by atoms with Crippen LogP contribution in [0.3, 0.4) is 0 Å². The van der Waals surface area contributed by atoms with Gasteiger partial charge in [0.1, 0.15) is 5.54 Å². The number of rotatable bonds is 4. The maximum absolute atomic E-state index is 11.8. The van der Waals surface area contributed by atoms with E-state index >= 15 is 0 Å². The minimum atomic E-state index is -0.761. The number of hydrogen-bond donors (Lipinski definition) is 2. The molecule has 0 bridgehead atoms. The van der Waals surface area contributed by atoms with Gasteiger partial charge in [0.05, 0.1) is 6.61 Å². The zero-order chi connectivity index (χ0) is 13.2. The third-order valence-electron chi connectivity index (χ3n) is 3.80. The van der Waals surface area contributed by atoms with Crippen LogP contribution in [-0.2, 0) is 9.53 Å². The summed E-state index contributed by atoms with van der Waals surface area (Å²) in [4.78, 5) is 11.8. The third kappa shape index (κ3) is 2.34. The van der Waals surface area contributed by atoms with E-state index in [-0.39, 0.29) is 11.8 Å². The van der Waals surface area contributed by atoms with Crippen molar-refractivity contribution < 1.29 is 9.53 Å². The Morgan fingerprint density at radius 2 is 2.22 bits per heavy atom. The Morgan fingerprint density at radius 1 is 1.50 bits per heavy atom. The Kier molecular flexibility index (Phi) is 3.57. The number of para-hydroxylation sites is 1. The van der Waals surface area contributed by atoms with Crippen LogP contribution < -0.4 is 11.1 Å². The van der Waals surface area contributed by atoms with E-state index in [0.717, 1.165) is 17.7 Å². The van der Waals surface area contributed by atoms with Crippen molar-refractivity contribution in [3.63, 3.8) is 0 Å². The molecule has 1 amide bonds. The first kappa shape index (κ1) is 12.9. The van der Waals surface area contributed by atoms with Crippen molar-refractivity contribution in [2.24, 2.45) is 11.7 Å². The zero-order valence-electron chi connectivity index (χ0n) is 10.9. The molecule has 0 aromatic heterocycles. The fourth-order valence-electron chi connectivity index (χ4n) is 2.35. The van der Waals surface area contributed by atoms with Gasteiger partial charge >= 0.3 is 0 Å². The van der Waals surface area contributed by atoms with Crippen molar-refractivity contribution in [3.8, 4) is 0 Å². The van der Waals surface area contributed by atoms with Gasteiger partial charge < -0.3 is 15.8 Å². The lowest BCUT2D eigenvalue weighted by atomic mass is 9.83. The van der Waals surface area contributed by atoms with Crippen LogP contribution in [-0.4, -0.2) is 24.7 Å². The van der Waals surface area contributed by atoms with Gasteiger partial charge in [-0.3, -0.25) is 4.79 Å². The molecule has 1 fully saturated rings. The molecular formula is C14H20N2O2. The summed E-state index contributed by atoms with van der Waals surface area (Å²) in [6.45, 7) is 5.15. The van der Waals surface area contributed by atoms with Gasteiger partial charge in [-0.25, -0.2) is 0 Å². The summed E-state index contributed by atoms with van der Waals surface area (Å²) in [6, 6.07) is 7.89. The summed E-state index contributed by atoms with van der Waals surface area (Å²) in [5.41, 5.74) is 6.88. The van der Waals surface area contributed by atoms with Crippen LogP contribution in [0, 0.1) is 12.8 Å². The second-order valence-electron chi connectivity index (χ2n) is 5.07. The van der Waals surface area contributed by atoms with Crippen LogP contribution in [0.1, 0.15) is 18.9 Å². The summed E-state index contributed by atoms with van der Waals surface area (Å²) in [6.07, 6.45) is 0.859. The lowest BCUT2D eigenvalue weighted by Crippen LogP contribution is -2.54. The molecule has 1 saturated heterocycles. The van der Waals surface area contributed by atoms with E-state index < -0.39 is 5.54 Å². The second-order valence-corrected chi connectivity index (χ2v) is 5.07. The third-order valence-corrected chi connectivity index (χ3v) is 3.80. The predicted octanol–water partition coefficient (Wildman–Crippen LogP) is 1.69. The van der Waals surface area contributed by atoms with Crippen LogP contribution in [0.15, 0.2) is 24.3 Å². The van der Waals surface area contributed by atoms with Gasteiger partial charge in [0.25, 0.3) is 0 Å². The molecule has 2 rings (SSSR count). The molecule has 0 spiro atoms. The van der Waals surface area contributed by atoms with E-state index in [2.05, 4.69) is 5.32 Å². The Morgan fingerprint density at radius 3 is 2.78 bits per heavy atom. The Hall–Kier alpha value is -1.55. The first-order valence-electron chi connectivity index (χ1n) is 6.25. The number of hydrogen-bond acceptors (Lipinski definition) is 3. The molecule has 4 nitrogen and oxygen atoms in total. The van der Waals surface area contributed by atoms with Crippen molar-refractivity contribution in [2.45, 2.75) is 25.8 Å². The maximum atomic E-state index is 11.8. The molecule has 0 saturated carbocycles. The fourth-order valence-corrected chi connectivity index (χ4v) is 2.35. The Bertz CT molecular complexity index is 441. The highest BCUT2D eigenvalue weighted by Gasteiger charge is 2.41. The smallest absolute Gasteiger partial charge is 0.243 e. The van der Waals surface area contributed by atoms with E-state index in [1.165, 1.54) is 0 Å². The number of anilines is 1. The van der Waals surface area contributed by atoms with E-state index in [0.29, 0.717) is 13.2 Å². The quantitative estimate of drug-likeness (QED) is 0.852. The van der Waals surface area contributed by atoms with Crippen molar-refractivity contribution in [2.75, 3.05) is 18.5 Å². The molecule has 18 heavy (non-hydrogen) atoms. The summed E-state index contributed by atoms with van der Waals surface area (Å²) >= 11 is 0. The largest absolute Gasteiger partial charge is 0.381 e. The van der Waals surface area contributed by atoms with Crippen molar-refractivity contribution in [1.82, 2.24) is 0 Å². The van der Waals surface area contributed by atoms with Gasteiger partial charge in [0, 0.05) is 18.2 Å². The number of carbonyl (C=O) groups excluding carboxylic acids is 1. The first-order chi connectivity index (χ1) is 8.54. The van der Waals surface area contributed by atoms with Gasteiger partial charge in [-0.15, -0.1) is 0 Å². The van der Waals surface area contributed by atoms with Crippen LogP contribution in [0.25, 0.3) is 0 Å². The van der Waals surface area contributed by atoms with Crippen LogP contribution in [0.4, 0.5) is 5.69 Å². The number of nitrogens with two attached hydrogens (primary N) is 1. The van der Waals surface area contributed by atoms with Gasteiger partial charge in [0.2, 0.25) is 5.91 Å².